The van der Waals surface area contributed by atoms with Gasteiger partial charge in [0.25, 0.3) is 0 Å². The summed E-state index contributed by atoms with van der Waals surface area (Å²) in [6.45, 7) is 7.06. The second-order valence-electron chi connectivity index (χ2n) is 4.53. The Morgan fingerprint density at radius 1 is 1.53 bits per heavy atom. The molecule has 0 aliphatic heterocycles. The molecular weight excluding hydrogens is 280 g/mol. The van der Waals surface area contributed by atoms with Crippen LogP contribution < -0.4 is 10.6 Å². The van der Waals surface area contributed by atoms with Crippen LogP contribution in [-0.4, -0.2) is 24.7 Å². The normalized spacial score (nSPS) is 10.4. The van der Waals surface area contributed by atoms with E-state index in [0.29, 0.717) is 16.6 Å². The summed E-state index contributed by atoms with van der Waals surface area (Å²) in [6, 6.07) is 1.85. The van der Waals surface area contributed by atoms with Crippen LogP contribution in [0.2, 0.25) is 0 Å². The molecule has 0 saturated carbocycles. The second kappa shape index (κ2) is 7.45. The Balaban J connectivity index is 2.78. The monoisotopic (exact) mass is 300 g/mol. The molecule has 1 aromatic rings. The van der Waals surface area contributed by atoms with Gasteiger partial charge in [-0.05, 0) is 30.6 Å². The van der Waals surface area contributed by atoms with Crippen LogP contribution in [0.5, 0.6) is 0 Å². The molecule has 0 bridgehead atoms. The first kappa shape index (κ1) is 15.9. The van der Waals surface area contributed by atoms with E-state index in [4.69, 9.17) is 17.0 Å². The minimum Gasteiger partial charge on any atom is -0.465 e. The molecule has 0 aliphatic rings. The van der Waals surface area contributed by atoms with Gasteiger partial charge in [0, 0.05) is 11.4 Å². The minimum absolute atomic E-state index is 0.342. The fraction of sp³-hybridized carbons (Fsp3) is 0.538. The lowest BCUT2D eigenvalue weighted by molar-refractivity contribution is 0.0602. The van der Waals surface area contributed by atoms with Gasteiger partial charge in [-0.1, -0.05) is 20.8 Å². The fourth-order valence-electron chi connectivity index (χ4n) is 1.41. The van der Waals surface area contributed by atoms with Crippen molar-refractivity contribution in [2.24, 2.45) is 5.92 Å². The molecule has 106 valence electrons. The van der Waals surface area contributed by atoms with E-state index in [1.54, 1.807) is 0 Å². The number of nitrogens with one attached hydrogen (secondary N) is 2. The van der Waals surface area contributed by atoms with Crippen molar-refractivity contribution in [1.82, 2.24) is 5.32 Å². The Hall–Kier alpha value is -1.14. The molecule has 2 N–H and O–H groups in total. The molecule has 0 atom stereocenters. The SMILES string of the molecule is CCc1cc(C(=O)OC)c(NC(=S)NCC(C)C)s1. The van der Waals surface area contributed by atoms with Gasteiger partial charge in [0.2, 0.25) is 0 Å². The predicted octanol–water partition coefficient (Wildman–Crippen LogP) is 3.04. The summed E-state index contributed by atoms with van der Waals surface area (Å²) in [4.78, 5) is 12.8. The Morgan fingerprint density at radius 3 is 2.74 bits per heavy atom. The maximum Gasteiger partial charge on any atom is 0.340 e. The van der Waals surface area contributed by atoms with Crippen LogP contribution in [0.4, 0.5) is 5.00 Å². The second-order valence-corrected chi connectivity index (χ2v) is 6.07. The summed E-state index contributed by atoms with van der Waals surface area (Å²) >= 11 is 6.74. The zero-order valence-corrected chi connectivity index (χ0v) is 13.3. The van der Waals surface area contributed by atoms with Crippen LogP contribution in [0.25, 0.3) is 0 Å². The van der Waals surface area contributed by atoms with E-state index in [9.17, 15) is 4.79 Å². The van der Waals surface area contributed by atoms with E-state index in [0.717, 1.165) is 22.8 Å². The van der Waals surface area contributed by atoms with Crippen molar-refractivity contribution in [2.75, 3.05) is 19.0 Å². The van der Waals surface area contributed by atoms with Crippen molar-refractivity contribution in [1.29, 1.82) is 0 Å². The third kappa shape index (κ3) is 4.80. The van der Waals surface area contributed by atoms with Crippen molar-refractivity contribution in [3.05, 3.63) is 16.5 Å². The zero-order chi connectivity index (χ0) is 14.4. The summed E-state index contributed by atoms with van der Waals surface area (Å²) in [5, 5.41) is 7.46. The van der Waals surface area contributed by atoms with Crippen molar-refractivity contribution in [3.63, 3.8) is 0 Å². The summed E-state index contributed by atoms with van der Waals surface area (Å²) in [6.07, 6.45) is 0.878. The summed E-state index contributed by atoms with van der Waals surface area (Å²) < 4.78 is 4.78. The number of rotatable bonds is 5. The molecule has 0 aliphatic carbocycles. The van der Waals surface area contributed by atoms with Gasteiger partial charge in [-0.25, -0.2) is 4.79 Å². The number of anilines is 1. The molecule has 1 rings (SSSR count). The summed E-state index contributed by atoms with van der Waals surface area (Å²) in [5.74, 6) is 0.166. The maximum atomic E-state index is 11.7. The highest BCUT2D eigenvalue weighted by atomic mass is 32.1. The average molecular weight is 300 g/mol. The molecule has 0 aromatic carbocycles. The number of esters is 1. The van der Waals surface area contributed by atoms with Gasteiger partial charge in [0.05, 0.1) is 12.7 Å². The van der Waals surface area contributed by atoms with Gasteiger partial charge in [0.15, 0.2) is 5.11 Å². The van der Waals surface area contributed by atoms with Gasteiger partial charge in [-0.15, -0.1) is 11.3 Å². The lowest BCUT2D eigenvalue weighted by Gasteiger charge is -2.11. The number of carbonyl (C=O) groups excluding carboxylic acids is 1. The highest BCUT2D eigenvalue weighted by molar-refractivity contribution is 7.80. The summed E-state index contributed by atoms with van der Waals surface area (Å²) in [7, 11) is 1.38. The van der Waals surface area contributed by atoms with Gasteiger partial charge in [-0.3, -0.25) is 0 Å². The lowest BCUT2D eigenvalue weighted by Crippen LogP contribution is -2.31. The van der Waals surface area contributed by atoms with E-state index in [1.807, 2.05) is 13.0 Å². The number of thiocarbonyl (C=S) groups is 1. The molecular formula is C13H20N2O2S2. The average Bonchev–Trinajstić information content (AvgIpc) is 2.78. The molecule has 0 fully saturated rings. The first-order valence-electron chi connectivity index (χ1n) is 6.23. The van der Waals surface area contributed by atoms with Gasteiger partial charge in [-0.2, -0.15) is 0 Å². The highest BCUT2D eigenvalue weighted by Gasteiger charge is 2.16. The Bertz CT molecular complexity index is 455. The fourth-order valence-corrected chi connectivity index (χ4v) is 2.65. The summed E-state index contributed by atoms with van der Waals surface area (Å²) in [5.41, 5.74) is 0.540. The number of methoxy groups -OCH3 is 1. The van der Waals surface area contributed by atoms with Crippen LogP contribution in [0, 0.1) is 5.92 Å². The van der Waals surface area contributed by atoms with Gasteiger partial charge in [0.1, 0.15) is 5.00 Å². The van der Waals surface area contributed by atoms with E-state index in [-0.39, 0.29) is 5.97 Å². The maximum absolute atomic E-state index is 11.7. The van der Waals surface area contributed by atoms with Crippen LogP contribution in [0.15, 0.2) is 6.07 Å². The van der Waals surface area contributed by atoms with Crippen molar-refractivity contribution < 1.29 is 9.53 Å². The number of carbonyl (C=O) groups is 1. The largest absolute Gasteiger partial charge is 0.465 e. The number of thiophene rings is 1. The van der Waals surface area contributed by atoms with E-state index in [2.05, 4.69) is 24.5 Å². The number of ether oxygens (including phenoxy) is 1. The molecule has 0 saturated heterocycles. The number of hydrogen-bond donors (Lipinski definition) is 2. The third-order valence-electron chi connectivity index (χ3n) is 2.43. The quantitative estimate of drug-likeness (QED) is 0.646. The minimum atomic E-state index is -0.342. The van der Waals surface area contributed by atoms with E-state index >= 15 is 0 Å². The standard InChI is InChI=1S/C13H20N2O2S2/c1-5-9-6-10(12(16)17-4)11(19-9)15-13(18)14-7-8(2)3/h6,8H,5,7H2,1-4H3,(H2,14,15,18). The van der Waals surface area contributed by atoms with Crippen molar-refractivity contribution in [3.8, 4) is 0 Å². The molecule has 19 heavy (non-hydrogen) atoms. The van der Waals surface area contributed by atoms with Crippen molar-refractivity contribution >= 4 is 39.6 Å². The molecule has 4 nitrogen and oxygen atoms in total. The van der Waals surface area contributed by atoms with Gasteiger partial charge < -0.3 is 15.4 Å². The van der Waals surface area contributed by atoms with Crippen LogP contribution in [0.1, 0.15) is 36.0 Å². The third-order valence-corrected chi connectivity index (χ3v) is 3.88. The molecule has 1 aromatic heterocycles. The lowest BCUT2D eigenvalue weighted by atomic mass is 10.2. The number of hydrogen-bond acceptors (Lipinski definition) is 4. The number of aryl methyl sites for hydroxylation is 1. The predicted molar refractivity (Wildman–Crippen MR) is 84.1 cm³/mol. The molecule has 0 spiro atoms. The van der Waals surface area contributed by atoms with Gasteiger partial charge >= 0.3 is 5.97 Å². The van der Waals surface area contributed by atoms with Crippen LogP contribution in [-0.2, 0) is 11.2 Å². The first-order chi connectivity index (χ1) is 8.97. The molecule has 1 heterocycles. The smallest absolute Gasteiger partial charge is 0.340 e. The van der Waals surface area contributed by atoms with E-state index < -0.39 is 0 Å². The molecule has 0 unspecified atom stereocenters. The van der Waals surface area contributed by atoms with Crippen molar-refractivity contribution in [2.45, 2.75) is 27.2 Å². The zero-order valence-electron chi connectivity index (χ0n) is 11.7. The Labute approximate surface area is 123 Å². The van der Waals surface area contributed by atoms with Crippen LogP contribution >= 0.6 is 23.6 Å². The van der Waals surface area contributed by atoms with Crippen LogP contribution in [0.3, 0.4) is 0 Å². The molecule has 0 radical (unpaired) electrons. The topological polar surface area (TPSA) is 50.4 Å². The Morgan fingerprint density at radius 2 is 2.21 bits per heavy atom. The highest BCUT2D eigenvalue weighted by Crippen LogP contribution is 2.29. The molecule has 6 heteroatoms. The van der Waals surface area contributed by atoms with E-state index in [1.165, 1.54) is 18.4 Å². The molecule has 0 amide bonds. The first-order valence-corrected chi connectivity index (χ1v) is 7.46. The Kier molecular flexibility index (Phi) is 6.24.